The third kappa shape index (κ3) is 1.93. The Labute approximate surface area is 73.4 Å². The van der Waals surface area contributed by atoms with Crippen molar-refractivity contribution in [1.29, 1.82) is 0 Å². The monoisotopic (exact) mass is 249 g/mol. The van der Waals surface area contributed by atoms with E-state index < -0.39 is 0 Å². The maximum absolute atomic E-state index is 8.53. The zero-order valence-corrected chi connectivity index (χ0v) is 7.45. The van der Waals surface area contributed by atoms with Gasteiger partial charge >= 0.3 is 0 Å². The van der Waals surface area contributed by atoms with Crippen molar-refractivity contribution in [2.24, 2.45) is 0 Å². The Kier molecular flexibility index (Phi) is 3.11. The summed E-state index contributed by atoms with van der Waals surface area (Å²) in [6.07, 6.45) is 0. The predicted octanol–water partition coefficient (Wildman–Crippen LogP) is 2.10. The highest BCUT2D eigenvalue weighted by Crippen LogP contribution is 2.17. The van der Waals surface area contributed by atoms with Crippen molar-refractivity contribution >= 4 is 22.6 Å². The molecule has 0 aromatic heterocycles. The lowest BCUT2D eigenvalue weighted by Crippen LogP contribution is -2.09. The normalized spacial score (nSPS) is 13.0. The van der Waals surface area contributed by atoms with E-state index in [9.17, 15) is 0 Å². The SMILES string of the molecule is ONC(I)c1ccccc1. The highest BCUT2D eigenvalue weighted by atomic mass is 127. The molecule has 1 aromatic rings. The van der Waals surface area contributed by atoms with Gasteiger partial charge in [0.05, 0.1) is 0 Å². The van der Waals surface area contributed by atoms with Gasteiger partial charge in [-0.3, -0.25) is 0 Å². The summed E-state index contributed by atoms with van der Waals surface area (Å²) >= 11 is 2.11. The van der Waals surface area contributed by atoms with Gasteiger partial charge in [-0.25, -0.2) is 0 Å². The van der Waals surface area contributed by atoms with E-state index in [2.05, 4.69) is 28.1 Å². The van der Waals surface area contributed by atoms with Gasteiger partial charge in [-0.1, -0.05) is 52.9 Å². The molecule has 3 heteroatoms. The zero-order valence-electron chi connectivity index (χ0n) is 5.29. The minimum absolute atomic E-state index is 0.0150. The largest absolute Gasteiger partial charge is 0.315 e. The van der Waals surface area contributed by atoms with E-state index in [1.54, 1.807) is 0 Å². The van der Waals surface area contributed by atoms with Gasteiger partial charge in [-0.05, 0) is 5.56 Å². The highest BCUT2D eigenvalue weighted by molar-refractivity contribution is 14.1. The number of halogens is 1. The maximum Gasteiger partial charge on any atom is 0.108 e. The van der Waals surface area contributed by atoms with E-state index in [-0.39, 0.29) is 4.05 Å². The van der Waals surface area contributed by atoms with E-state index in [0.29, 0.717) is 0 Å². The van der Waals surface area contributed by atoms with Crippen LogP contribution < -0.4 is 5.48 Å². The average molecular weight is 249 g/mol. The maximum atomic E-state index is 8.53. The Morgan fingerprint density at radius 2 is 1.90 bits per heavy atom. The summed E-state index contributed by atoms with van der Waals surface area (Å²) in [6.45, 7) is 0. The quantitative estimate of drug-likeness (QED) is 0.364. The molecule has 0 spiro atoms. The Bertz CT molecular complexity index is 190. The Morgan fingerprint density at radius 3 is 2.40 bits per heavy atom. The lowest BCUT2D eigenvalue weighted by molar-refractivity contribution is 0.163. The Hall–Kier alpha value is -0.130. The molecular formula is C7H8INO. The smallest absolute Gasteiger partial charge is 0.108 e. The number of benzene rings is 1. The molecule has 0 saturated carbocycles. The van der Waals surface area contributed by atoms with Gasteiger partial charge in [-0.15, -0.1) is 0 Å². The molecule has 0 saturated heterocycles. The summed E-state index contributed by atoms with van der Waals surface area (Å²) < 4.78 is -0.0150. The first-order chi connectivity index (χ1) is 4.84. The second kappa shape index (κ2) is 3.90. The number of hydroxylamine groups is 1. The van der Waals surface area contributed by atoms with Gasteiger partial charge in [0, 0.05) is 0 Å². The third-order valence-electron chi connectivity index (χ3n) is 1.21. The molecule has 0 amide bonds. The van der Waals surface area contributed by atoms with Gasteiger partial charge in [0.2, 0.25) is 0 Å². The van der Waals surface area contributed by atoms with E-state index in [1.807, 2.05) is 30.3 Å². The first kappa shape index (κ1) is 7.97. The molecule has 1 rings (SSSR count). The molecule has 1 unspecified atom stereocenters. The molecule has 0 fully saturated rings. The van der Waals surface area contributed by atoms with Gasteiger partial charge < -0.3 is 5.21 Å². The Morgan fingerprint density at radius 1 is 1.30 bits per heavy atom. The molecule has 2 nitrogen and oxygen atoms in total. The van der Waals surface area contributed by atoms with Crippen LogP contribution in [0.4, 0.5) is 0 Å². The molecule has 0 radical (unpaired) electrons. The summed E-state index contributed by atoms with van der Waals surface area (Å²) in [5.41, 5.74) is 3.24. The second-order valence-corrected chi connectivity index (χ2v) is 3.15. The van der Waals surface area contributed by atoms with Crippen LogP contribution >= 0.6 is 22.6 Å². The van der Waals surface area contributed by atoms with Crippen LogP contribution in [0.1, 0.15) is 9.61 Å². The van der Waals surface area contributed by atoms with Crippen molar-refractivity contribution in [3.05, 3.63) is 35.9 Å². The first-order valence-electron chi connectivity index (χ1n) is 2.93. The van der Waals surface area contributed by atoms with Crippen LogP contribution in [-0.4, -0.2) is 5.21 Å². The van der Waals surface area contributed by atoms with Crippen LogP contribution in [0.25, 0.3) is 0 Å². The number of hydrogen-bond acceptors (Lipinski definition) is 2. The van der Waals surface area contributed by atoms with E-state index >= 15 is 0 Å². The van der Waals surface area contributed by atoms with Crippen molar-refractivity contribution in [1.82, 2.24) is 5.48 Å². The summed E-state index contributed by atoms with van der Waals surface area (Å²) in [6, 6.07) is 9.75. The van der Waals surface area contributed by atoms with Crippen molar-refractivity contribution in [3.63, 3.8) is 0 Å². The second-order valence-electron chi connectivity index (χ2n) is 1.90. The number of rotatable bonds is 2. The first-order valence-corrected chi connectivity index (χ1v) is 4.18. The van der Waals surface area contributed by atoms with Gasteiger partial charge in [0.15, 0.2) is 0 Å². The predicted molar refractivity (Wildman–Crippen MR) is 48.1 cm³/mol. The fourth-order valence-corrected chi connectivity index (χ4v) is 1.11. The average Bonchev–Trinajstić information content (AvgIpc) is 2.05. The van der Waals surface area contributed by atoms with Gasteiger partial charge in [0.25, 0.3) is 0 Å². The van der Waals surface area contributed by atoms with Crippen LogP contribution in [-0.2, 0) is 0 Å². The van der Waals surface area contributed by atoms with E-state index in [1.165, 1.54) is 0 Å². The number of alkyl halides is 1. The molecule has 10 heavy (non-hydrogen) atoms. The lowest BCUT2D eigenvalue weighted by Gasteiger charge is -2.05. The standard InChI is InChI=1S/C7H8INO/c8-7(9-10)6-4-2-1-3-5-6/h1-5,7,9-10H. The molecule has 1 aromatic carbocycles. The van der Waals surface area contributed by atoms with Crippen molar-refractivity contribution in [3.8, 4) is 0 Å². The molecule has 0 bridgehead atoms. The number of hydrogen-bond donors (Lipinski definition) is 2. The summed E-state index contributed by atoms with van der Waals surface area (Å²) in [5.74, 6) is 0. The van der Waals surface area contributed by atoms with Crippen molar-refractivity contribution < 1.29 is 5.21 Å². The number of nitrogens with one attached hydrogen (secondary N) is 1. The molecule has 2 N–H and O–H groups in total. The minimum Gasteiger partial charge on any atom is -0.315 e. The van der Waals surface area contributed by atoms with Crippen molar-refractivity contribution in [2.45, 2.75) is 4.05 Å². The fraction of sp³-hybridized carbons (Fsp3) is 0.143. The lowest BCUT2D eigenvalue weighted by atomic mass is 10.2. The zero-order chi connectivity index (χ0) is 7.40. The van der Waals surface area contributed by atoms with Crippen LogP contribution in [0.15, 0.2) is 30.3 Å². The summed E-state index contributed by atoms with van der Waals surface area (Å²) in [4.78, 5) is 0. The van der Waals surface area contributed by atoms with Crippen molar-refractivity contribution in [2.75, 3.05) is 0 Å². The van der Waals surface area contributed by atoms with Gasteiger partial charge in [-0.2, -0.15) is 5.48 Å². The van der Waals surface area contributed by atoms with Crippen LogP contribution in [0.3, 0.4) is 0 Å². The third-order valence-corrected chi connectivity index (χ3v) is 2.20. The molecule has 54 valence electrons. The molecule has 1 atom stereocenters. The highest BCUT2D eigenvalue weighted by Gasteiger charge is 2.01. The summed E-state index contributed by atoms with van der Waals surface area (Å²) in [5, 5.41) is 8.53. The molecule has 0 heterocycles. The van der Waals surface area contributed by atoms with Crippen LogP contribution in [0.2, 0.25) is 0 Å². The molecule has 0 aliphatic heterocycles. The van der Waals surface area contributed by atoms with Crippen LogP contribution in [0.5, 0.6) is 0 Å². The van der Waals surface area contributed by atoms with Crippen LogP contribution in [0, 0.1) is 0 Å². The Balaban J connectivity index is 2.75. The minimum atomic E-state index is -0.0150. The molecule has 0 aliphatic carbocycles. The molecular weight excluding hydrogens is 241 g/mol. The summed E-state index contributed by atoms with van der Waals surface area (Å²) in [7, 11) is 0. The van der Waals surface area contributed by atoms with E-state index in [0.717, 1.165) is 5.56 Å². The van der Waals surface area contributed by atoms with E-state index in [4.69, 9.17) is 5.21 Å². The fourth-order valence-electron chi connectivity index (χ4n) is 0.697. The van der Waals surface area contributed by atoms with Gasteiger partial charge in [0.1, 0.15) is 4.05 Å². The topological polar surface area (TPSA) is 32.3 Å². The molecule has 0 aliphatic rings.